The molecular weight excluding hydrogens is 306 g/mol. The molecule has 116 valence electrons. The lowest BCUT2D eigenvalue weighted by Gasteiger charge is -2.40. The van der Waals surface area contributed by atoms with Gasteiger partial charge in [0.1, 0.15) is 16.6 Å². The molecule has 1 amide bonds. The van der Waals surface area contributed by atoms with Crippen LogP contribution in [0, 0.1) is 11.3 Å². The molecule has 0 spiro atoms. The molecule has 0 aliphatic carbocycles. The molecule has 3 rings (SSSR count). The van der Waals surface area contributed by atoms with Gasteiger partial charge in [-0.15, -0.1) is 11.3 Å². The summed E-state index contributed by atoms with van der Waals surface area (Å²) in [5.74, 6) is -0.225. The Morgan fingerprint density at radius 2 is 2.22 bits per heavy atom. The Balaban J connectivity index is 1.94. The zero-order valence-corrected chi connectivity index (χ0v) is 13.9. The number of carbonyl (C=O) groups is 1. The lowest BCUT2D eigenvalue weighted by molar-refractivity contribution is -0.131. The van der Waals surface area contributed by atoms with Gasteiger partial charge in [0.25, 0.3) is 5.91 Å². The van der Waals surface area contributed by atoms with Gasteiger partial charge in [-0.2, -0.15) is 5.26 Å². The highest BCUT2D eigenvalue weighted by Gasteiger charge is 2.33. The molecule has 1 aromatic carbocycles. The van der Waals surface area contributed by atoms with Crippen LogP contribution in [0.3, 0.4) is 0 Å². The summed E-state index contributed by atoms with van der Waals surface area (Å²) in [6.45, 7) is 4.05. The third kappa shape index (κ3) is 2.90. The van der Waals surface area contributed by atoms with Crippen molar-refractivity contribution >= 4 is 23.3 Å². The average Bonchev–Trinajstić information content (AvgIpc) is 3.05. The first kappa shape index (κ1) is 15.4. The van der Waals surface area contributed by atoms with Crippen molar-refractivity contribution in [3.8, 4) is 6.07 Å². The van der Waals surface area contributed by atoms with Crippen molar-refractivity contribution in [1.29, 1.82) is 5.26 Å². The first-order chi connectivity index (χ1) is 11.1. The fourth-order valence-electron chi connectivity index (χ4n) is 3.16. The van der Waals surface area contributed by atoms with Crippen molar-refractivity contribution in [2.75, 3.05) is 0 Å². The molecule has 1 aromatic heterocycles. The Morgan fingerprint density at radius 1 is 1.43 bits per heavy atom. The third-order valence-electron chi connectivity index (χ3n) is 4.22. The second-order valence-electron chi connectivity index (χ2n) is 5.68. The van der Waals surface area contributed by atoms with E-state index in [9.17, 15) is 10.1 Å². The van der Waals surface area contributed by atoms with Crippen molar-refractivity contribution in [2.45, 2.75) is 32.4 Å². The van der Waals surface area contributed by atoms with Crippen LogP contribution in [0.4, 0.5) is 0 Å². The van der Waals surface area contributed by atoms with Crippen molar-refractivity contribution in [2.24, 2.45) is 0 Å². The molecule has 0 bridgehead atoms. The number of nitrogens with zero attached hydrogens (tertiary/aromatic N) is 3. The molecule has 2 atom stereocenters. The highest BCUT2D eigenvalue weighted by Crippen LogP contribution is 2.33. The lowest BCUT2D eigenvalue weighted by atomic mass is 9.89. The molecular formula is C18H17N3OS. The zero-order valence-electron chi connectivity index (χ0n) is 13.1. The van der Waals surface area contributed by atoms with E-state index in [4.69, 9.17) is 0 Å². The molecule has 0 saturated carbocycles. The molecule has 1 aliphatic rings. The number of amides is 1. The standard InChI is InChI=1S/C18H17N3OS/c1-12-9-14-5-3-4-6-16(14)13(2)21(12)18(22)15(11-19)10-17-20-7-8-23-17/h3-8,10,12-13H,9H2,1-2H3/b15-10+. The predicted molar refractivity (Wildman–Crippen MR) is 90.6 cm³/mol. The van der Waals surface area contributed by atoms with E-state index in [1.807, 2.05) is 42.3 Å². The highest BCUT2D eigenvalue weighted by molar-refractivity contribution is 7.10. The maximum atomic E-state index is 12.9. The summed E-state index contributed by atoms with van der Waals surface area (Å²) in [5, 5.41) is 11.9. The third-order valence-corrected chi connectivity index (χ3v) is 4.94. The van der Waals surface area contributed by atoms with E-state index in [2.05, 4.69) is 17.1 Å². The van der Waals surface area contributed by atoms with Gasteiger partial charge in [0, 0.05) is 17.6 Å². The number of nitriles is 1. The minimum atomic E-state index is -0.225. The van der Waals surface area contributed by atoms with Gasteiger partial charge in [-0.1, -0.05) is 24.3 Å². The van der Waals surface area contributed by atoms with Crippen LogP contribution in [-0.4, -0.2) is 21.8 Å². The Kier molecular flexibility index (Phi) is 4.26. The Bertz CT molecular complexity index is 789. The van der Waals surface area contributed by atoms with Crippen LogP contribution in [0.1, 0.15) is 36.0 Å². The number of hydrogen-bond acceptors (Lipinski definition) is 4. The smallest absolute Gasteiger partial charge is 0.265 e. The molecule has 5 heteroatoms. The summed E-state index contributed by atoms with van der Waals surface area (Å²) in [6.07, 6.45) is 4.05. The summed E-state index contributed by atoms with van der Waals surface area (Å²) in [6, 6.07) is 10.2. The second kappa shape index (κ2) is 6.35. The van der Waals surface area contributed by atoms with Crippen LogP contribution in [0.2, 0.25) is 0 Å². The van der Waals surface area contributed by atoms with Crippen molar-refractivity contribution in [1.82, 2.24) is 9.88 Å². The molecule has 1 aliphatic heterocycles. The molecule has 2 unspecified atom stereocenters. The van der Waals surface area contributed by atoms with E-state index < -0.39 is 0 Å². The van der Waals surface area contributed by atoms with E-state index in [0.717, 1.165) is 12.0 Å². The first-order valence-corrected chi connectivity index (χ1v) is 8.41. The molecule has 0 radical (unpaired) electrons. The van der Waals surface area contributed by atoms with Gasteiger partial charge >= 0.3 is 0 Å². The summed E-state index contributed by atoms with van der Waals surface area (Å²) in [5.41, 5.74) is 2.57. The summed E-state index contributed by atoms with van der Waals surface area (Å²) < 4.78 is 0. The molecule has 2 heterocycles. The maximum absolute atomic E-state index is 12.9. The summed E-state index contributed by atoms with van der Waals surface area (Å²) >= 11 is 1.41. The number of carbonyl (C=O) groups excluding carboxylic acids is 1. The van der Waals surface area contributed by atoms with Gasteiger partial charge < -0.3 is 4.90 Å². The van der Waals surface area contributed by atoms with Crippen LogP contribution in [-0.2, 0) is 11.2 Å². The zero-order chi connectivity index (χ0) is 16.4. The number of hydrogen-bond donors (Lipinski definition) is 0. The largest absolute Gasteiger partial charge is 0.328 e. The molecule has 0 saturated heterocycles. The van der Waals surface area contributed by atoms with Gasteiger partial charge in [-0.3, -0.25) is 4.79 Å². The SMILES string of the molecule is CC1Cc2ccccc2C(C)N1C(=O)/C(C#N)=C/c1nccs1. The molecule has 4 nitrogen and oxygen atoms in total. The van der Waals surface area contributed by atoms with Crippen LogP contribution >= 0.6 is 11.3 Å². The topological polar surface area (TPSA) is 57.0 Å². The van der Waals surface area contributed by atoms with Crippen molar-refractivity contribution in [3.05, 3.63) is 57.6 Å². The van der Waals surface area contributed by atoms with Crippen LogP contribution in [0.15, 0.2) is 41.4 Å². The number of fused-ring (bicyclic) bond motifs is 1. The van der Waals surface area contributed by atoms with E-state index in [-0.39, 0.29) is 23.6 Å². The fraction of sp³-hybridized carbons (Fsp3) is 0.278. The van der Waals surface area contributed by atoms with Gasteiger partial charge in [-0.05, 0) is 37.5 Å². The summed E-state index contributed by atoms with van der Waals surface area (Å²) in [7, 11) is 0. The first-order valence-electron chi connectivity index (χ1n) is 7.53. The molecule has 2 aromatic rings. The van der Waals surface area contributed by atoms with E-state index in [1.54, 1.807) is 12.3 Å². The average molecular weight is 323 g/mol. The van der Waals surface area contributed by atoms with E-state index in [1.165, 1.54) is 16.9 Å². The second-order valence-corrected chi connectivity index (χ2v) is 6.61. The minimum Gasteiger partial charge on any atom is -0.328 e. The van der Waals surface area contributed by atoms with Crippen molar-refractivity contribution in [3.63, 3.8) is 0 Å². The fourth-order valence-corrected chi connectivity index (χ4v) is 3.73. The van der Waals surface area contributed by atoms with Gasteiger partial charge in [-0.25, -0.2) is 4.98 Å². The quantitative estimate of drug-likeness (QED) is 0.627. The van der Waals surface area contributed by atoms with E-state index >= 15 is 0 Å². The van der Waals surface area contributed by atoms with Crippen LogP contribution in [0.25, 0.3) is 6.08 Å². The Morgan fingerprint density at radius 3 is 2.91 bits per heavy atom. The Labute approximate surface area is 139 Å². The number of thiazole rings is 1. The van der Waals surface area contributed by atoms with Gasteiger partial charge in [0.05, 0.1) is 6.04 Å². The van der Waals surface area contributed by atoms with Crippen molar-refractivity contribution < 1.29 is 4.79 Å². The predicted octanol–water partition coefficient (Wildman–Crippen LogP) is 3.58. The van der Waals surface area contributed by atoms with Crippen LogP contribution in [0.5, 0.6) is 0 Å². The Hall–Kier alpha value is -2.45. The molecule has 23 heavy (non-hydrogen) atoms. The van der Waals surface area contributed by atoms with E-state index in [0.29, 0.717) is 5.01 Å². The monoisotopic (exact) mass is 323 g/mol. The van der Waals surface area contributed by atoms with Crippen LogP contribution < -0.4 is 0 Å². The summed E-state index contributed by atoms with van der Waals surface area (Å²) in [4.78, 5) is 18.8. The van der Waals surface area contributed by atoms with Gasteiger partial charge in [0.15, 0.2) is 0 Å². The molecule has 0 N–H and O–H groups in total. The number of rotatable bonds is 2. The highest BCUT2D eigenvalue weighted by atomic mass is 32.1. The minimum absolute atomic E-state index is 0.0458. The lowest BCUT2D eigenvalue weighted by Crippen LogP contribution is -2.45. The number of aromatic nitrogens is 1. The number of benzene rings is 1. The van der Waals surface area contributed by atoms with Gasteiger partial charge in [0.2, 0.25) is 0 Å². The maximum Gasteiger partial charge on any atom is 0.265 e. The normalized spacial score (nSPS) is 20.7. The molecule has 0 fully saturated rings.